The molecule has 0 unspecified atom stereocenters. The molecule has 1 aromatic carbocycles. The number of hydrogen-bond acceptors (Lipinski definition) is 6. The molecule has 0 bridgehead atoms. The highest BCUT2D eigenvalue weighted by Gasteiger charge is 2.21. The maximum atomic E-state index is 12.4. The Hall–Kier alpha value is -2.91. The first-order valence-corrected chi connectivity index (χ1v) is 8.35. The van der Waals surface area contributed by atoms with Crippen LogP contribution in [0.4, 0.5) is 0 Å². The fraction of sp³-hybridized carbons (Fsp3) is 0.263. The number of halogens is 1. The lowest BCUT2D eigenvalue weighted by Gasteiger charge is -2.11. The van der Waals surface area contributed by atoms with Crippen LogP contribution in [0, 0.1) is 18.3 Å². The molecule has 0 radical (unpaired) electrons. The van der Waals surface area contributed by atoms with Crippen molar-refractivity contribution < 1.29 is 19.4 Å². The van der Waals surface area contributed by atoms with Crippen LogP contribution in [-0.2, 0) is 9.53 Å². The van der Waals surface area contributed by atoms with E-state index in [4.69, 9.17) is 16.3 Å². The van der Waals surface area contributed by atoms with Gasteiger partial charge >= 0.3 is 5.97 Å². The van der Waals surface area contributed by atoms with E-state index in [1.165, 1.54) is 6.07 Å². The molecule has 1 N–H and O–H groups in total. The standard InChI is InChI=1S/C19H17ClN2O4/c1-3-26-17(24)8-7-16(23)18-19(25)12(10-21)9-15(22-18)13-5-4-6-14(20)11(13)2/h4-6,9,25H,3,7-8H2,1-2H3. The van der Waals surface area contributed by atoms with E-state index in [0.29, 0.717) is 16.3 Å². The van der Waals surface area contributed by atoms with Crippen LogP contribution in [0.3, 0.4) is 0 Å². The largest absolute Gasteiger partial charge is 0.504 e. The zero-order valence-corrected chi connectivity index (χ0v) is 15.1. The zero-order chi connectivity index (χ0) is 19.3. The lowest BCUT2D eigenvalue weighted by Crippen LogP contribution is -2.10. The third-order valence-corrected chi connectivity index (χ3v) is 4.19. The number of ketones is 1. The summed E-state index contributed by atoms with van der Waals surface area (Å²) in [5.74, 6) is -1.55. The van der Waals surface area contributed by atoms with E-state index in [9.17, 15) is 20.0 Å². The molecule has 0 amide bonds. The number of ether oxygens (including phenoxy) is 1. The van der Waals surface area contributed by atoms with E-state index in [2.05, 4.69) is 4.98 Å². The summed E-state index contributed by atoms with van der Waals surface area (Å²) < 4.78 is 4.78. The Bertz CT molecular complexity index is 903. The van der Waals surface area contributed by atoms with Crippen molar-refractivity contribution in [3.63, 3.8) is 0 Å². The van der Waals surface area contributed by atoms with Crippen molar-refractivity contribution in [2.24, 2.45) is 0 Å². The summed E-state index contributed by atoms with van der Waals surface area (Å²) in [5.41, 5.74) is 1.41. The highest BCUT2D eigenvalue weighted by molar-refractivity contribution is 6.31. The number of nitrogens with zero attached hydrogens (tertiary/aromatic N) is 2. The molecule has 0 aliphatic rings. The molecule has 1 aromatic heterocycles. The molecule has 0 atom stereocenters. The van der Waals surface area contributed by atoms with Crippen LogP contribution in [0.2, 0.25) is 5.02 Å². The average Bonchev–Trinajstić information content (AvgIpc) is 2.62. The SMILES string of the molecule is CCOC(=O)CCC(=O)c1nc(-c2cccc(Cl)c2C)cc(C#N)c1O. The van der Waals surface area contributed by atoms with Gasteiger partial charge in [0.2, 0.25) is 0 Å². The number of carbonyl (C=O) groups is 2. The third-order valence-electron chi connectivity index (χ3n) is 3.78. The molecule has 0 saturated carbocycles. The fourth-order valence-corrected chi connectivity index (χ4v) is 2.58. The fourth-order valence-electron chi connectivity index (χ4n) is 2.41. The predicted molar refractivity (Wildman–Crippen MR) is 96.0 cm³/mol. The Morgan fingerprint density at radius 2 is 2.08 bits per heavy atom. The van der Waals surface area contributed by atoms with Gasteiger partial charge in [0.15, 0.2) is 11.5 Å². The van der Waals surface area contributed by atoms with Crippen molar-refractivity contribution in [3.05, 3.63) is 46.1 Å². The van der Waals surface area contributed by atoms with Gasteiger partial charge in [-0.3, -0.25) is 9.59 Å². The molecule has 2 aromatic rings. The normalized spacial score (nSPS) is 10.2. The summed E-state index contributed by atoms with van der Waals surface area (Å²) in [6.07, 6.45) is -0.307. The van der Waals surface area contributed by atoms with Crippen LogP contribution in [-0.4, -0.2) is 28.4 Å². The Morgan fingerprint density at radius 3 is 2.73 bits per heavy atom. The number of benzene rings is 1. The second-order valence-corrected chi connectivity index (χ2v) is 5.91. The summed E-state index contributed by atoms with van der Waals surface area (Å²) in [4.78, 5) is 28.1. The van der Waals surface area contributed by atoms with Crippen LogP contribution >= 0.6 is 11.6 Å². The smallest absolute Gasteiger partial charge is 0.306 e. The average molecular weight is 373 g/mol. The molecule has 6 nitrogen and oxygen atoms in total. The molecule has 0 fully saturated rings. The molecular weight excluding hydrogens is 356 g/mol. The molecule has 134 valence electrons. The third kappa shape index (κ3) is 4.19. The highest BCUT2D eigenvalue weighted by atomic mass is 35.5. The summed E-state index contributed by atoms with van der Waals surface area (Å²) >= 11 is 6.12. The quantitative estimate of drug-likeness (QED) is 0.611. The van der Waals surface area contributed by atoms with Crippen LogP contribution in [0.25, 0.3) is 11.3 Å². The molecule has 7 heteroatoms. The second kappa shape index (κ2) is 8.45. The van der Waals surface area contributed by atoms with Crippen molar-refractivity contribution in [1.82, 2.24) is 4.98 Å². The topological polar surface area (TPSA) is 100 Å². The maximum Gasteiger partial charge on any atom is 0.306 e. The van der Waals surface area contributed by atoms with Crippen molar-refractivity contribution in [2.75, 3.05) is 6.61 Å². The van der Waals surface area contributed by atoms with Crippen molar-refractivity contribution in [1.29, 1.82) is 5.26 Å². The molecular formula is C19H17ClN2O4. The number of rotatable bonds is 6. The van der Waals surface area contributed by atoms with Gasteiger partial charge in [0.25, 0.3) is 0 Å². The van der Waals surface area contributed by atoms with E-state index in [1.54, 1.807) is 32.0 Å². The van der Waals surface area contributed by atoms with Gasteiger partial charge in [-0.1, -0.05) is 23.7 Å². The van der Waals surface area contributed by atoms with Gasteiger partial charge < -0.3 is 9.84 Å². The number of pyridine rings is 1. The number of aromatic nitrogens is 1. The van der Waals surface area contributed by atoms with Gasteiger partial charge in [-0.15, -0.1) is 0 Å². The minimum Gasteiger partial charge on any atom is -0.504 e. The van der Waals surface area contributed by atoms with Crippen LogP contribution < -0.4 is 0 Å². The van der Waals surface area contributed by atoms with Gasteiger partial charge in [0.1, 0.15) is 11.8 Å². The first-order chi connectivity index (χ1) is 12.4. The van der Waals surface area contributed by atoms with E-state index >= 15 is 0 Å². The van der Waals surface area contributed by atoms with Gasteiger partial charge in [-0.25, -0.2) is 4.98 Å². The Morgan fingerprint density at radius 1 is 1.35 bits per heavy atom. The molecule has 26 heavy (non-hydrogen) atoms. The van der Waals surface area contributed by atoms with E-state index in [0.717, 1.165) is 5.56 Å². The summed E-state index contributed by atoms with van der Waals surface area (Å²) in [7, 11) is 0. The number of aromatic hydroxyl groups is 1. The lowest BCUT2D eigenvalue weighted by molar-refractivity contribution is -0.143. The molecule has 2 rings (SSSR count). The van der Waals surface area contributed by atoms with E-state index in [-0.39, 0.29) is 30.7 Å². The second-order valence-electron chi connectivity index (χ2n) is 5.50. The Labute approximate surface area is 156 Å². The lowest BCUT2D eigenvalue weighted by atomic mass is 10.0. The minimum absolute atomic E-state index is 0.0751. The molecule has 1 heterocycles. The first-order valence-electron chi connectivity index (χ1n) is 7.97. The van der Waals surface area contributed by atoms with Crippen LogP contribution in [0.15, 0.2) is 24.3 Å². The van der Waals surface area contributed by atoms with Crippen molar-refractivity contribution >= 4 is 23.4 Å². The number of Topliss-reactive ketones (excluding diaryl/α,β-unsaturated/α-hetero) is 1. The highest BCUT2D eigenvalue weighted by Crippen LogP contribution is 2.31. The summed E-state index contributed by atoms with van der Waals surface area (Å²) in [6, 6.07) is 8.46. The maximum absolute atomic E-state index is 12.4. The van der Waals surface area contributed by atoms with Gasteiger partial charge in [-0.2, -0.15) is 5.26 Å². The van der Waals surface area contributed by atoms with Gasteiger partial charge in [-0.05, 0) is 31.5 Å². The minimum atomic E-state index is -0.548. The predicted octanol–water partition coefficient (Wildman–Crippen LogP) is 3.81. The van der Waals surface area contributed by atoms with Crippen LogP contribution in [0.5, 0.6) is 5.75 Å². The van der Waals surface area contributed by atoms with Gasteiger partial charge in [0.05, 0.1) is 24.3 Å². The monoisotopic (exact) mass is 372 g/mol. The first kappa shape index (κ1) is 19.4. The van der Waals surface area contributed by atoms with Crippen LogP contribution in [0.1, 0.15) is 41.4 Å². The molecule has 0 aliphatic carbocycles. The number of carbonyl (C=O) groups excluding carboxylic acids is 2. The Kier molecular flexibility index (Phi) is 6.31. The van der Waals surface area contributed by atoms with E-state index in [1.807, 2.05) is 6.07 Å². The molecule has 0 aliphatic heterocycles. The van der Waals surface area contributed by atoms with Gasteiger partial charge in [0, 0.05) is 17.0 Å². The number of esters is 1. The van der Waals surface area contributed by atoms with Crippen molar-refractivity contribution in [3.8, 4) is 23.1 Å². The Balaban J connectivity index is 2.44. The number of nitriles is 1. The molecule has 0 saturated heterocycles. The zero-order valence-electron chi connectivity index (χ0n) is 14.4. The summed E-state index contributed by atoms with van der Waals surface area (Å²) in [6.45, 7) is 3.68. The number of hydrogen-bond donors (Lipinski definition) is 1. The van der Waals surface area contributed by atoms with Crippen molar-refractivity contribution in [2.45, 2.75) is 26.7 Å². The molecule has 0 spiro atoms. The summed E-state index contributed by atoms with van der Waals surface area (Å²) in [5, 5.41) is 20.0. The van der Waals surface area contributed by atoms with E-state index < -0.39 is 17.5 Å².